The Balaban J connectivity index is 0.000000121. The van der Waals surface area contributed by atoms with Crippen LogP contribution in [0.2, 0.25) is 0 Å². The van der Waals surface area contributed by atoms with E-state index >= 15 is 0 Å². The number of benzene rings is 1. The number of aryl methyl sites for hydroxylation is 2. The number of pyridine rings is 4. The number of halogens is 3. The molecule has 102 heavy (non-hydrogen) atoms. The maximum Gasteiger partial charge on any atom is 0.227 e. The molecule has 1 aliphatic carbocycles. The number of nitrogens with one attached hydrogen (secondary N) is 4. The average molecular weight is 1520 g/mol. The molecule has 0 radical (unpaired) electrons. The van der Waals surface area contributed by atoms with Crippen LogP contribution in [0.25, 0.3) is 44.4 Å². The van der Waals surface area contributed by atoms with Crippen LogP contribution in [0, 0.1) is 11.0 Å². The highest BCUT2D eigenvalue weighted by atomic mass is 79.9. The highest BCUT2D eigenvalue weighted by Crippen LogP contribution is 2.35. The summed E-state index contributed by atoms with van der Waals surface area (Å²) in [6, 6.07) is 33.5. The fourth-order valence-corrected chi connectivity index (χ4v) is 13.7. The Morgan fingerprint density at radius 1 is 0.510 bits per heavy atom. The Hall–Kier alpha value is -10.8. The molecular formula is C73H76Br2FN20O5S+3. The van der Waals surface area contributed by atoms with Gasteiger partial charge in [0.2, 0.25) is 37.2 Å². The van der Waals surface area contributed by atoms with E-state index in [-0.39, 0.29) is 5.82 Å². The van der Waals surface area contributed by atoms with E-state index in [1.54, 1.807) is 129 Å². The second-order valence-electron chi connectivity index (χ2n) is 24.6. The predicted molar refractivity (Wildman–Crippen MR) is 390 cm³/mol. The van der Waals surface area contributed by atoms with Gasteiger partial charge in [-0.1, -0.05) is 51.3 Å². The van der Waals surface area contributed by atoms with Crippen LogP contribution in [-0.2, 0) is 43.8 Å². The van der Waals surface area contributed by atoms with Crippen LogP contribution in [-0.4, -0.2) is 87.2 Å². The molecule has 1 aliphatic heterocycles. The van der Waals surface area contributed by atoms with E-state index in [4.69, 9.17) is 14.7 Å². The maximum atomic E-state index is 14.3. The van der Waals surface area contributed by atoms with Gasteiger partial charge in [-0.2, -0.15) is 43.2 Å². The van der Waals surface area contributed by atoms with Crippen LogP contribution in [0.5, 0.6) is 0 Å². The largest absolute Gasteiger partial charge is 0.619 e. The molecule has 0 atom stereocenters. The zero-order chi connectivity index (χ0) is 70.5. The van der Waals surface area contributed by atoms with Crippen LogP contribution < -0.4 is 40.2 Å². The lowest BCUT2D eigenvalue weighted by Crippen LogP contribution is -2.29. The predicted octanol–water partition coefficient (Wildman–Crippen LogP) is 12.7. The molecule has 0 bridgehead atoms. The van der Waals surface area contributed by atoms with E-state index in [1.165, 1.54) is 55.6 Å². The van der Waals surface area contributed by atoms with Crippen LogP contribution in [0.1, 0.15) is 115 Å². The molecule has 29 heteroatoms. The van der Waals surface area contributed by atoms with Crippen molar-refractivity contribution in [3.05, 3.63) is 254 Å². The molecule has 7 N–H and O–H groups in total. The number of fused-ring (bicyclic) bond motifs is 4. The van der Waals surface area contributed by atoms with Gasteiger partial charge in [-0.05, 0) is 118 Å². The molecule has 1 aromatic carbocycles. The normalized spacial score (nSPS) is 13.3. The minimum Gasteiger partial charge on any atom is -0.619 e. The second kappa shape index (κ2) is 32.7. The summed E-state index contributed by atoms with van der Waals surface area (Å²) in [5.41, 5.74) is 13.2. The molecule has 25 nitrogen and oxygen atoms in total. The topological polar surface area (TPSA) is 277 Å². The molecule has 0 unspecified atom stereocenters. The van der Waals surface area contributed by atoms with Crippen LogP contribution in [0.4, 0.5) is 27.7 Å². The average Bonchev–Trinajstić information content (AvgIpc) is 1.61. The van der Waals surface area contributed by atoms with Gasteiger partial charge in [0.1, 0.15) is 29.1 Å². The minimum absolute atomic E-state index is 0.317. The van der Waals surface area contributed by atoms with Crippen LogP contribution in [0.3, 0.4) is 0 Å². The minimum atomic E-state index is -0.317. The van der Waals surface area contributed by atoms with E-state index < -0.39 is 0 Å². The van der Waals surface area contributed by atoms with Crippen molar-refractivity contribution < 1.29 is 43.7 Å². The van der Waals surface area contributed by atoms with Crippen molar-refractivity contribution in [2.24, 2.45) is 0 Å². The van der Waals surface area contributed by atoms with E-state index in [1.807, 2.05) is 71.5 Å². The van der Waals surface area contributed by atoms with Crippen molar-refractivity contribution in [1.82, 2.24) is 58.4 Å². The Morgan fingerprint density at radius 3 is 1.45 bits per heavy atom. The van der Waals surface area contributed by atoms with Gasteiger partial charge in [-0.3, -0.25) is 15.6 Å². The van der Waals surface area contributed by atoms with E-state index in [2.05, 4.69) is 103 Å². The number of ether oxygens (including phenoxy) is 1. The molecule has 522 valence electrons. The summed E-state index contributed by atoms with van der Waals surface area (Å²) < 4.78 is 32.6. The highest BCUT2D eigenvalue weighted by molar-refractivity contribution is 9.11. The highest BCUT2D eigenvalue weighted by Gasteiger charge is 2.24. The SMILES string of the molecule is CCc1cnn2c(NCc3ccc[n+](O)c3)cc(-c3ccccc3F)nc12.CCc1cnn2c(NCc3ccc[n+](O)c3)cc(C3CCCCC3)nc12.O[n+]1cccc(CNc2cc(C3CCOCC3)nc3c(Br)cnn23)c1.[O-][n+]1cccc(CNc2cc(-c3cccs3)nc3c(Br)cnn23)c1. The van der Waals surface area contributed by atoms with Gasteiger partial charge in [0.25, 0.3) is 0 Å². The summed E-state index contributed by atoms with van der Waals surface area (Å²) in [5.74, 6) is 3.99. The molecule has 2 fully saturated rings. The maximum absolute atomic E-state index is 14.3. The first-order valence-corrected chi connectivity index (χ1v) is 36.2. The zero-order valence-corrected chi connectivity index (χ0v) is 60.0. The van der Waals surface area contributed by atoms with E-state index in [0.29, 0.717) is 60.7 Å². The molecule has 1 saturated carbocycles. The van der Waals surface area contributed by atoms with Crippen LogP contribution >= 0.6 is 43.2 Å². The van der Waals surface area contributed by atoms with Crippen molar-refractivity contribution >= 4 is 89.1 Å². The third kappa shape index (κ3) is 16.8. The standard InChI is InChI=1S/C20H19FN5O.C20H26N5O.C17H19BrN5O2.C16H12BrN5OS/c1-2-15-12-23-26-19(22-11-14-6-5-9-25(27)13-14)10-18(24-20(15)26)16-7-3-4-8-17(16)21;1-2-16-13-22-25-19(21-12-15-7-6-10-24(26)14-15)11-18(23-20(16)25)17-8-4-3-5-9-17;18-14-10-20-23-16(19-9-12-2-1-5-22(24)11-12)8-15(21-17(14)23)13-3-6-25-7-4-13;17-12-9-19-22-15(18-8-11-3-1-5-21(23)10-11)7-13(20-16(12)22)14-4-2-6-24-14/h3-10,12-13,22,27H,2,11H2,1H3;6-7,10-11,13-14,17,21,26H,2-5,8-9,12H2,1H3;1-2,5,8,10-11,13,19,24H,3-4,6-7,9H2;1-7,9-10,18H,8H2/q3*+1;. The summed E-state index contributed by atoms with van der Waals surface area (Å²) in [6.45, 7) is 7.91. The lowest BCUT2D eigenvalue weighted by molar-refractivity contribution is -0.905. The Labute approximate surface area is 607 Å². The number of hydrogen-bond acceptors (Lipinski definition) is 18. The molecule has 13 aromatic heterocycles. The van der Waals surface area contributed by atoms with Gasteiger partial charge < -0.3 is 31.2 Å². The van der Waals surface area contributed by atoms with Gasteiger partial charge in [0, 0.05) is 164 Å². The van der Waals surface area contributed by atoms with Crippen molar-refractivity contribution in [1.29, 1.82) is 0 Å². The second-order valence-corrected chi connectivity index (χ2v) is 27.3. The molecule has 2 aliphatic rings. The number of rotatable bonds is 18. The lowest BCUT2D eigenvalue weighted by Gasteiger charge is -2.22. The Bertz CT molecular complexity index is 5180. The van der Waals surface area contributed by atoms with Crippen molar-refractivity contribution in [2.75, 3.05) is 34.5 Å². The fraction of sp³-hybridized carbons (Fsp3) is 0.260. The third-order valence-corrected chi connectivity index (χ3v) is 19.6. The van der Waals surface area contributed by atoms with Gasteiger partial charge in [0.15, 0.2) is 35.0 Å². The molecular weight excluding hydrogens is 1450 g/mol. The number of anilines is 4. The summed E-state index contributed by atoms with van der Waals surface area (Å²) in [6.07, 6.45) is 30.0. The number of aromatic nitrogens is 16. The van der Waals surface area contributed by atoms with E-state index in [0.717, 1.165) is 145 Å². The smallest absolute Gasteiger partial charge is 0.227 e. The fourth-order valence-electron chi connectivity index (χ4n) is 12.3. The molecule has 0 amide bonds. The molecule has 1 saturated heterocycles. The van der Waals surface area contributed by atoms with Crippen molar-refractivity contribution in [2.45, 2.75) is 110 Å². The third-order valence-electron chi connectivity index (χ3n) is 17.6. The zero-order valence-electron chi connectivity index (χ0n) is 56.0. The van der Waals surface area contributed by atoms with Gasteiger partial charge >= 0.3 is 0 Å². The Kier molecular flexibility index (Phi) is 22.4. The Morgan fingerprint density at radius 2 is 0.951 bits per heavy atom. The summed E-state index contributed by atoms with van der Waals surface area (Å²) >= 11 is 8.66. The van der Waals surface area contributed by atoms with Crippen LogP contribution in [0.15, 0.2) is 198 Å². The van der Waals surface area contributed by atoms with Gasteiger partial charge in [-0.25, -0.2) is 24.3 Å². The quantitative estimate of drug-likeness (QED) is 0.0239. The molecule has 16 rings (SSSR count). The first kappa shape index (κ1) is 69.7. The van der Waals surface area contributed by atoms with E-state index in [9.17, 15) is 25.2 Å². The molecule has 0 spiro atoms. The summed E-state index contributed by atoms with van der Waals surface area (Å²) in [7, 11) is 0. The number of hydrogen-bond donors (Lipinski definition) is 7. The van der Waals surface area contributed by atoms with Crippen molar-refractivity contribution in [3.8, 4) is 21.8 Å². The number of thiophene rings is 1. The monoisotopic (exact) mass is 1520 g/mol. The number of nitrogens with zero attached hydrogens (tertiary/aromatic N) is 16. The van der Waals surface area contributed by atoms with Gasteiger partial charge in [0.05, 0.1) is 50.0 Å². The lowest BCUT2D eigenvalue weighted by atomic mass is 9.87. The molecule has 14 aromatic rings. The first-order chi connectivity index (χ1) is 49.8. The molecule has 14 heterocycles. The van der Waals surface area contributed by atoms with Crippen molar-refractivity contribution in [3.63, 3.8) is 0 Å². The summed E-state index contributed by atoms with van der Waals surface area (Å²) in [5, 5.41) is 73.4. The summed E-state index contributed by atoms with van der Waals surface area (Å²) in [4.78, 5) is 20.2. The first-order valence-electron chi connectivity index (χ1n) is 33.7. The van der Waals surface area contributed by atoms with Gasteiger partial charge in [-0.15, -0.1) is 11.3 Å².